The van der Waals surface area contributed by atoms with Gasteiger partial charge in [-0.2, -0.15) is 0 Å². The van der Waals surface area contributed by atoms with Crippen LogP contribution in [-0.2, 0) is 9.59 Å². The van der Waals surface area contributed by atoms with Crippen LogP contribution in [0, 0.1) is 5.92 Å². The molecule has 2 amide bonds. The summed E-state index contributed by atoms with van der Waals surface area (Å²) in [6.45, 7) is 5.55. The largest absolute Gasteiger partial charge is 0.386 e. The van der Waals surface area contributed by atoms with E-state index in [-0.39, 0.29) is 17.7 Å². The van der Waals surface area contributed by atoms with Gasteiger partial charge in [0.05, 0.1) is 18.7 Å². The van der Waals surface area contributed by atoms with Crippen molar-refractivity contribution in [3.05, 3.63) is 0 Å². The van der Waals surface area contributed by atoms with Gasteiger partial charge in [-0.3, -0.25) is 9.59 Å². The molecule has 5 nitrogen and oxygen atoms in total. The number of carbonyl (C=O) groups is 2. The molecule has 1 N–H and O–H groups in total. The molecule has 0 aromatic heterocycles. The minimum atomic E-state index is -0.699. The number of likely N-dealkylation sites (tertiary alicyclic amines) is 2. The van der Waals surface area contributed by atoms with Crippen LogP contribution in [0.15, 0.2) is 0 Å². The van der Waals surface area contributed by atoms with Crippen LogP contribution in [0.2, 0.25) is 0 Å². The highest BCUT2D eigenvalue weighted by Crippen LogP contribution is 2.26. The fourth-order valence-corrected chi connectivity index (χ4v) is 2.63. The quantitative estimate of drug-likeness (QED) is 0.692. The summed E-state index contributed by atoms with van der Waals surface area (Å²) in [6, 6.07) is 0. The molecule has 2 fully saturated rings. The van der Waals surface area contributed by atoms with Crippen molar-refractivity contribution in [3.8, 4) is 0 Å². The van der Waals surface area contributed by atoms with Gasteiger partial charge in [0.25, 0.3) is 0 Å². The maximum Gasteiger partial charge on any atom is 0.226 e. The van der Waals surface area contributed by atoms with Crippen molar-refractivity contribution in [2.45, 2.75) is 32.3 Å². The van der Waals surface area contributed by atoms with E-state index in [0.717, 1.165) is 12.8 Å². The summed E-state index contributed by atoms with van der Waals surface area (Å²) in [5, 5.41) is 9.60. The van der Waals surface area contributed by atoms with Crippen LogP contribution in [0.25, 0.3) is 0 Å². The molecular weight excluding hydrogens is 220 g/mol. The Balaban J connectivity index is 1.81. The van der Waals surface area contributed by atoms with Crippen LogP contribution in [0.1, 0.15) is 26.7 Å². The first-order valence-corrected chi connectivity index (χ1v) is 6.16. The normalized spacial score (nSPS) is 24.4. The second-order valence-corrected chi connectivity index (χ2v) is 5.47. The van der Waals surface area contributed by atoms with Gasteiger partial charge in [-0.05, 0) is 19.8 Å². The van der Waals surface area contributed by atoms with Gasteiger partial charge in [-0.25, -0.2) is 0 Å². The minimum absolute atomic E-state index is 0.0294. The Hall–Kier alpha value is -1.10. The van der Waals surface area contributed by atoms with E-state index in [2.05, 4.69) is 0 Å². The zero-order chi connectivity index (χ0) is 12.6. The lowest BCUT2D eigenvalue weighted by atomic mass is 9.90. The lowest BCUT2D eigenvalue weighted by molar-refractivity contribution is -0.158. The maximum atomic E-state index is 12.1. The molecule has 96 valence electrons. The zero-order valence-electron chi connectivity index (χ0n) is 10.5. The van der Waals surface area contributed by atoms with Crippen LogP contribution in [-0.4, -0.2) is 58.5 Å². The van der Waals surface area contributed by atoms with Crippen LogP contribution in [0.4, 0.5) is 0 Å². The van der Waals surface area contributed by atoms with E-state index in [1.54, 1.807) is 23.6 Å². The first-order chi connectivity index (χ1) is 7.89. The SMILES string of the molecule is CC(=O)N1CCC(C(=O)N2CC(C)(O)C2)CC1. The third kappa shape index (κ3) is 2.60. The number of hydrogen-bond donors (Lipinski definition) is 1. The van der Waals surface area contributed by atoms with Gasteiger partial charge in [0, 0.05) is 25.9 Å². The fraction of sp³-hybridized carbons (Fsp3) is 0.833. The molecule has 0 saturated carbocycles. The molecule has 0 atom stereocenters. The standard InChI is InChI=1S/C12H20N2O3/c1-9(15)13-5-3-10(4-6-13)11(16)14-7-12(2,17)8-14/h10,17H,3-8H2,1-2H3. The molecule has 0 radical (unpaired) electrons. The molecule has 0 aliphatic carbocycles. The van der Waals surface area contributed by atoms with E-state index in [0.29, 0.717) is 26.2 Å². The number of hydrogen-bond acceptors (Lipinski definition) is 3. The predicted molar refractivity (Wildman–Crippen MR) is 62.2 cm³/mol. The molecule has 0 aromatic rings. The van der Waals surface area contributed by atoms with Gasteiger partial charge < -0.3 is 14.9 Å². The summed E-state index contributed by atoms with van der Waals surface area (Å²) in [5.74, 6) is 0.254. The topological polar surface area (TPSA) is 60.9 Å². The van der Waals surface area contributed by atoms with E-state index in [1.165, 1.54) is 0 Å². The van der Waals surface area contributed by atoms with E-state index < -0.39 is 5.60 Å². The van der Waals surface area contributed by atoms with E-state index in [9.17, 15) is 14.7 Å². The van der Waals surface area contributed by atoms with Crippen LogP contribution in [0.5, 0.6) is 0 Å². The second kappa shape index (κ2) is 4.29. The fourth-order valence-electron chi connectivity index (χ4n) is 2.63. The van der Waals surface area contributed by atoms with Crippen molar-refractivity contribution in [2.75, 3.05) is 26.2 Å². The molecule has 2 aliphatic heterocycles. The lowest BCUT2D eigenvalue weighted by Crippen LogP contribution is -2.63. The Morgan fingerprint density at radius 1 is 1.18 bits per heavy atom. The molecule has 0 aromatic carbocycles. The van der Waals surface area contributed by atoms with Gasteiger partial charge >= 0.3 is 0 Å². The Bertz CT molecular complexity index is 325. The maximum absolute atomic E-state index is 12.1. The van der Waals surface area contributed by atoms with Crippen molar-refractivity contribution < 1.29 is 14.7 Å². The molecule has 0 unspecified atom stereocenters. The zero-order valence-corrected chi connectivity index (χ0v) is 10.5. The monoisotopic (exact) mass is 240 g/mol. The van der Waals surface area contributed by atoms with Gasteiger partial charge in [-0.15, -0.1) is 0 Å². The average Bonchev–Trinajstić information content (AvgIpc) is 2.25. The molecule has 2 aliphatic rings. The summed E-state index contributed by atoms with van der Waals surface area (Å²) >= 11 is 0. The molecule has 5 heteroatoms. The smallest absolute Gasteiger partial charge is 0.226 e. The molecular formula is C12H20N2O3. The third-order valence-corrected chi connectivity index (χ3v) is 3.66. The highest BCUT2D eigenvalue weighted by molar-refractivity contribution is 5.80. The van der Waals surface area contributed by atoms with Gasteiger partial charge in [-0.1, -0.05) is 0 Å². The third-order valence-electron chi connectivity index (χ3n) is 3.66. The Morgan fingerprint density at radius 2 is 1.71 bits per heavy atom. The summed E-state index contributed by atoms with van der Waals surface area (Å²) in [5.41, 5.74) is -0.699. The van der Waals surface area contributed by atoms with Crippen LogP contribution < -0.4 is 0 Å². The summed E-state index contributed by atoms with van der Waals surface area (Å²) in [4.78, 5) is 26.7. The van der Waals surface area contributed by atoms with Gasteiger partial charge in [0.2, 0.25) is 11.8 Å². The molecule has 2 heterocycles. The van der Waals surface area contributed by atoms with Crippen LogP contribution in [0.3, 0.4) is 0 Å². The highest BCUT2D eigenvalue weighted by Gasteiger charge is 2.42. The highest BCUT2D eigenvalue weighted by atomic mass is 16.3. The summed E-state index contributed by atoms with van der Waals surface area (Å²) in [6.07, 6.45) is 1.49. The van der Waals surface area contributed by atoms with Crippen molar-refractivity contribution in [3.63, 3.8) is 0 Å². The minimum Gasteiger partial charge on any atom is -0.386 e. The number of amides is 2. The molecule has 2 rings (SSSR count). The van der Waals surface area contributed by atoms with Crippen LogP contribution >= 0.6 is 0 Å². The molecule has 17 heavy (non-hydrogen) atoms. The van der Waals surface area contributed by atoms with Crippen molar-refractivity contribution in [1.82, 2.24) is 9.80 Å². The Morgan fingerprint density at radius 3 is 2.12 bits per heavy atom. The van der Waals surface area contributed by atoms with Crippen molar-refractivity contribution >= 4 is 11.8 Å². The van der Waals surface area contributed by atoms with Crippen molar-refractivity contribution in [2.24, 2.45) is 5.92 Å². The number of rotatable bonds is 1. The number of aliphatic hydroxyl groups is 1. The summed E-state index contributed by atoms with van der Waals surface area (Å²) in [7, 11) is 0. The number of carbonyl (C=O) groups excluding carboxylic acids is 2. The van der Waals surface area contributed by atoms with Gasteiger partial charge in [0.1, 0.15) is 0 Å². The predicted octanol–water partition coefficient (Wildman–Crippen LogP) is -0.162. The Kier molecular flexibility index (Phi) is 3.12. The number of β-amino-alcohol motifs (C(OH)–C–C–N with tert-alkyl or cyclic N) is 1. The van der Waals surface area contributed by atoms with E-state index >= 15 is 0 Å². The average molecular weight is 240 g/mol. The molecule has 0 spiro atoms. The molecule has 0 bridgehead atoms. The lowest BCUT2D eigenvalue weighted by Gasteiger charge is -2.46. The second-order valence-electron chi connectivity index (χ2n) is 5.47. The molecule has 2 saturated heterocycles. The Labute approximate surface area is 101 Å². The van der Waals surface area contributed by atoms with Gasteiger partial charge in [0.15, 0.2) is 0 Å². The van der Waals surface area contributed by atoms with E-state index in [4.69, 9.17) is 0 Å². The first kappa shape index (κ1) is 12.4. The number of nitrogens with zero attached hydrogens (tertiary/aromatic N) is 2. The number of piperidine rings is 1. The van der Waals surface area contributed by atoms with E-state index in [1.807, 2.05) is 0 Å². The van der Waals surface area contributed by atoms with Crippen molar-refractivity contribution in [1.29, 1.82) is 0 Å². The summed E-state index contributed by atoms with van der Waals surface area (Å²) < 4.78 is 0. The first-order valence-electron chi connectivity index (χ1n) is 6.16.